The van der Waals surface area contributed by atoms with Gasteiger partial charge in [-0.15, -0.1) is 11.8 Å². The van der Waals surface area contributed by atoms with Crippen molar-refractivity contribution in [2.45, 2.75) is 11.8 Å². The van der Waals surface area contributed by atoms with Gasteiger partial charge >= 0.3 is 0 Å². The predicted octanol–water partition coefficient (Wildman–Crippen LogP) is 3.16. The average molecular weight is 214 g/mol. The first-order valence-corrected chi connectivity index (χ1v) is 5.65. The van der Waals surface area contributed by atoms with Crippen molar-refractivity contribution in [1.82, 2.24) is 4.98 Å². The van der Waals surface area contributed by atoms with E-state index in [0.29, 0.717) is 5.75 Å². The van der Waals surface area contributed by atoms with Crippen LogP contribution in [-0.4, -0.2) is 10.7 Å². The molecule has 0 saturated heterocycles. The summed E-state index contributed by atoms with van der Waals surface area (Å²) >= 11 is 1.56. The van der Waals surface area contributed by atoms with Crippen LogP contribution in [0.25, 0.3) is 10.9 Å². The zero-order valence-corrected chi connectivity index (χ0v) is 9.21. The maximum Gasteiger partial charge on any atom is 0.0855 e. The van der Waals surface area contributed by atoms with E-state index in [9.17, 15) is 0 Å². The first-order chi connectivity index (χ1) is 7.31. The summed E-state index contributed by atoms with van der Waals surface area (Å²) in [5, 5.41) is 9.70. The maximum atomic E-state index is 8.57. The number of thioether (sulfide) groups is 1. The van der Waals surface area contributed by atoms with E-state index in [4.69, 9.17) is 5.26 Å². The van der Waals surface area contributed by atoms with Crippen LogP contribution in [0, 0.1) is 18.3 Å². The number of hydrogen-bond donors (Lipinski definition) is 0. The van der Waals surface area contributed by atoms with E-state index in [2.05, 4.69) is 24.0 Å². The van der Waals surface area contributed by atoms with Crippen molar-refractivity contribution in [3.8, 4) is 6.07 Å². The quantitative estimate of drug-likeness (QED) is 0.720. The lowest BCUT2D eigenvalue weighted by Crippen LogP contribution is -1.83. The number of pyridine rings is 1. The molecule has 0 unspecified atom stereocenters. The minimum atomic E-state index is 0.479. The highest BCUT2D eigenvalue weighted by molar-refractivity contribution is 7.99. The monoisotopic (exact) mass is 214 g/mol. The van der Waals surface area contributed by atoms with E-state index in [1.54, 1.807) is 18.0 Å². The molecule has 3 heteroatoms. The van der Waals surface area contributed by atoms with Crippen LogP contribution in [0.1, 0.15) is 5.56 Å². The van der Waals surface area contributed by atoms with E-state index < -0.39 is 0 Å². The topological polar surface area (TPSA) is 36.7 Å². The molecular formula is C12H10N2S. The Morgan fingerprint density at radius 1 is 1.40 bits per heavy atom. The Balaban J connectivity index is 2.54. The number of benzene rings is 1. The van der Waals surface area contributed by atoms with Gasteiger partial charge in [0.1, 0.15) is 0 Å². The van der Waals surface area contributed by atoms with Gasteiger partial charge in [0.25, 0.3) is 0 Å². The van der Waals surface area contributed by atoms with Crippen LogP contribution >= 0.6 is 11.8 Å². The molecule has 1 aromatic carbocycles. The number of nitriles is 1. The van der Waals surface area contributed by atoms with Crippen LogP contribution in [0.5, 0.6) is 0 Å². The van der Waals surface area contributed by atoms with Crippen molar-refractivity contribution in [2.24, 2.45) is 0 Å². The number of aryl methyl sites for hydroxylation is 1. The Kier molecular flexibility index (Phi) is 2.89. The number of fused-ring (bicyclic) bond motifs is 1. The third-order valence-electron chi connectivity index (χ3n) is 2.15. The highest BCUT2D eigenvalue weighted by atomic mass is 32.2. The van der Waals surface area contributed by atoms with Gasteiger partial charge in [0.2, 0.25) is 0 Å². The molecule has 2 nitrogen and oxygen atoms in total. The van der Waals surface area contributed by atoms with E-state index in [1.165, 1.54) is 5.56 Å². The fraction of sp³-hybridized carbons (Fsp3) is 0.167. The summed E-state index contributed by atoms with van der Waals surface area (Å²) in [4.78, 5) is 5.42. The Bertz CT molecular complexity index is 529. The highest BCUT2D eigenvalue weighted by Crippen LogP contribution is 2.26. The van der Waals surface area contributed by atoms with Crippen molar-refractivity contribution in [1.29, 1.82) is 5.26 Å². The van der Waals surface area contributed by atoms with Crippen LogP contribution in [0.2, 0.25) is 0 Å². The number of nitrogens with zero attached hydrogens (tertiary/aromatic N) is 2. The molecule has 0 aliphatic rings. The summed E-state index contributed by atoms with van der Waals surface area (Å²) in [5.41, 5.74) is 2.21. The van der Waals surface area contributed by atoms with Crippen LogP contribution in [0.3, 0.4) is 0 Å². The zero-order valence-electron chi connectivity index (χ0n) is 8.40. The van der Waals surface area contributed by atoms with Gasteiger partial charge in [-0.05, 0) is 25.1 Å². The summed E-state index contributed by atoms with van der Waals surface area (Å²) < 4.78 is 0. The van der Waals surface area contributed by atoms with Gasteiger partial charge < -0.3 is 0 Å². The molecule has 0 fully saturated rings. The standard InChI is InChI=1S/C12H10N2S/c1-9-2-3-11-10(8-9)12(4-6-14-11)15-7-5-13/h2-4,6,8H,7H2,1H3. The predicted molar refractivity (Wildman–Crippen MR) is 62.8 cm³/mol. The second-order valence-electron chi connectivity index (χ2n) is 3.28. The third kappa shape index (κ3) is 2.11. The van der Waals surface area contributed by atoms with Crippen LogP contribution in [-0.2, 0) is 0 Å². The van der Waals surface area contributed by atoms with Gasteiger partial charge in [-0.2, -0.15) is 5.26 Å². The fourth-order valence-electron chi connectivity index (χ4n) is 1.47. The largest absolute Gasteiger partial charge is 0.256 e. The summed E-state index contributed by atoms with van der Waals surface area (Å²) in [5.74, 6) is 0.479. The minimum absolute atomic E-state index is 0.479. The Morgan fingerprint density at radius 2 is 2.27 bits per heavy atom. The Hall–Kier alpha value is -1.53. The Labute approximate surface area is 92.9 Å². The smallest absolute Gasteiger partial charge is 0.0855 e. The molecule has 0 atom stereocenters. The second-order valence-corrected chi connectivity index (χ2v) is 4.29. The fourth-order valence-corrected chi connectivity index (χ4v) is 2.17. The van der Waals surface area contributed by atoms with Crippen molar-refractivity contribution in [3.05, 3.63) is 36.0 Å². The molecule has 2 rings (SSSR count). The maximum absolute atomic E-state index is 8.57. The van der Waals surface area contributed by atoms with Gasteiger partial charge in [0.15, 0.2) is 0 Å². The van der Waals surface area contributed by atoms with E-state index >= 15 is 0 Å². The molecule has 1 heterocycles. The molecule has 0 bridgehead atoms. The van der Waals surface area contributed by atoms with Crippen LogP contribution in [0.15, 0.2) is 35.4 Å². The van der Waals surface area contributed by atoms with Gasteiger partial charge in [-0.25, -0.2) is 0 Å². The molecular weight excluding hydrogens is 204 g/mol. The lowest BCUT2D eigenvalue weighted by atomic mass is 10.1. The highest BCUT2D eigenvalue weighted by Gasteiger charge is 2.02. The third-order valence-corrected chi connectivity index (χ3v) is 3.09. The Morgan fingerprint density at radius 3 is 3.07 bits per heavy atom. The summed E-state index contributed by atoms with van der Waals surface area (Å²) in [6.45, 7) is 2.06. The molecule has 74 valence electrons. The first kappa shape index (κ1) is 10.0. The molecule has 2 aromatic rings. The van der Waals surface area contributed by atoms with Crippen molar-refractivity contribution >= 4 is 22.7 Å². The molecule has 0 aliphatic carbocycles. The molecule has 0 saturated carbocycles. The SMILES string of the molecule is Cc1ccc2nccc(SCC#N)c2c1. The molecule has 0 radical (unpaired) electrons. The minimum Gasteiger partial charge on any atom is -0.256 e. The molecule has 15 heavy (non-hydrogen) atoms. The van der Waals surface area contributed by atoms with Crippen molar-refractivity contribution in [2.75, 3.05) is 5.75 Å². The molecule has 0 amide bonds. The van der Waals surface area contributed by atoms with Crippen LogP contribution < -0.4 is 0 Å². The summed E-state index contributed by atoms with van der Waals surface area (Å²) in [6.07, 6.45) is 1.79. The lowest BCUT2D eigenvalue weighted by Gasteiger charge is -2.04. The summed E-state index contributed by atoms with van der Waals surface area (Å²) in [6, 6.07) is 10.3. The second kappa shape index (κ2) is 4.33. The van der Waals surface area contributed by atoms with E-state index in [-0.39, 0.29) is 0 Å². The van der Waals surface area contributed by atoms with Gasteiger partial charge in [0, 0.05) is 16.5 Å². The van der Waals surface area contributed by atoms with Gasteiger partial charge in [0.05, 0.1) is 17.3 Å². The van der Waals surface area contributed by atoms with E-state index in [1.807, 2.05) is 18.2 Å². The molecule has 0 N–H and O–H groups in total. The molecule has 1 aromatic heterocycles. The number of rotatable bonds is 2. The van der Waals surface area contributed by atoms with Crippen molar-refractivity contribution in [3.63, 3.8) is 0 Å². The zero-order chi connectivity index (χ0) is 10.7. The van der Waals surface area contributed by atoms with Gasteiger partial charge in [-0.1, -0.05) is 11.6 Å². The summed E-state index contributed by atoms with van der Waals surface area (Å²) in [7, 11) is 0. The first-order valence-electron chi connectivity index (χ1n) is 4.66. The molecule has 0 aliphatic heterocycles. The van der Waals surface area contributed by atoms with Crippen LogP contribution in [0.4, 0.5) is 0 Å². The van der Waals surface area contributed by atoms with Gasteiger partial charge in [-0.3, -0.25) is 4.98 Å². The van der Waals surface area contributed by atoms with Crippen molar-refractivity contribution < 1.29 is 0 Å². The lowest BCUT2D eigenvalue weighted by molar-refractivity contribution is 1.34. The average Bonchev–Trinajstić information content (AvgIpc) is 2.26. The number of aromatic nitrogens is 1. The number of hydrogen-bond acceptors (Lipinski definition) is 3. The van der Waals surface area contributed by atoms with E-state index in [0.717, 1.165) is 15.8 Å². The normalized spacial score (nSPS) is 10.1. The molecule has 0 spiro atoms.